The van der Waals surface area contributed by atoms with Crippen molar-refractivity contribution in [2.24, 2.45) is 5.41 Å². The minimum absolute atomic E-state index is 0.0953. The Balaban J connectivity index is 2.31. The van der Waals surface area contributed by atoms with Crippen molar-refractivity contribution in [3.8, 4) is 0 Å². The van der Waals surface area contributed by atoms with Crippen LogP contribution in [0.5, 0.6) is 0 Å². The summed E-state index contributed by atoms with van der Waals surface area (Å²) in [6, 6.07) is 4.23. The molecule has 0 saturated heterocycles. The molecule has 0 aliphatic rings. The summed E-state index contributed by atoms with van der Waals surface area (Å²) >= 11 is 6.70. The van der Waals surface area contributed by atoms with Crippen LogP contribution in [0.4, 0.5) is 21.6 Å². The molecule has 1 aromatic heterocycles. The van der Waals surface area contributed by atoms with Gasteiger partial charge in [-0.3, -0.25) is 4.79 Å². The van der Waals surface area contributed by atoms with E-state index in [1.54, 1.807) is 26.8 Å². The van der Waals surface area contributed by atoms with Crippen LogP contribution in [0.15, 0.2) is 18.2 Å². The highest BCUT2D eigenvalue weighted by Gasteiger charge is 2.28. The zero-order valence-corrected chi connectivity index (χ0v) is 13.4. The van der Waals surface area contributed by atoms with Crippen molar-refractivity contribution in [3.05, 3.63) is 33.9 Å². The van der Waals surface area contributed by atoms with Gasteiger partial charge in [0.2, 0.25) is 0 Å². The van der Waals surface area contributed by atoms with Crippen molar-refractivity contribution in [1.29, 1.82) is 0 Å². The van der Waals surface area contributed by atoms with Gasteiger partial charge in [-0.25, -0.2) is 4.39 Å². The number of nitrogens with two attached hydrogens (primary N) is 1. The third kappa shape index (κ3) is 3.33. The lowest BCUT2D eigenvalue weighted by Gasteiger charge is -2.15. The van der Waals surface area contributed by atoms with E-state index in [0.29, 0.717) is 9.90 Å². The second kappa shape index (κ2) is 5.61. The van der Waals surface area contributed by atoms with Crippen LogP contribution >= 0.6 is 23.1 Å². The summed E-state index contributed by atoms with van der Waals surface area (Å²) in [5.41, 5.74) is 5.82. The van der Waals surface area contributed by atoms with Gasteiger partial charge in [0.25, 0.3) is 0 Å². The Kier molecular flexibility index (Phi) is 4.20. The molecule has 0 bridgehead atoms. The molecule has 0 radical (unpaired) electrons. The fourth-order valence-electron chi connectivity index (χ4n) is 1.61. The number of ketones is 1. The Morgan fingerprint density at radius 2 is 2.10 bits per heavy atom. The summed E-state index contributed by atoms with van der Waals surface area (Å²) < 4.78 is 17.8. The molecular weight excluding hydrogens is 313 g/mol. The molecule has 112 valence electrons. The number of nitrogens with zero attached hydrogens (tertiary/aromatic N) is 1. The highest BCUT2D eigenvalue weighted by atomic mass is 35.5. The number of halogens is 2. The molecule has 4 nitrogen and oxygen atoms in total. The Bertz CT molecular complexity index is 694. The number of benzene rings is 1. The Morgan fingerprint density at radius 3 is 2.67 bits per heavy atom. The number of hydrogen-bond donors (Lipinski definition) is 2. The highest BCUT2D eigenvalue weighted by Crippen LogP contribution is 2.34. The predicted octanol–water partition coefficient (Wildman–Crippen LogP) is 4.49. The SMILES string of the molecule is CC(C)(C)C(=O)c1snc(Nc2ccc(Cl)cc2F)c1N. The van der Waals surface area contributed by atoms with E-state index in [0.717, 1.165) is 11.5 Å². The monoisotopic (exact) mass is 327 g/mol. The van der Waals surface area contributed by atoms with Gasteiger partial charge < -0.3 is 11.1 Å². The molecule has 0 saturated carbocycles. The second-order valence-electron chi connectivity index (χ2n) is 5.60. The van der Waals surface area contributed by atoms with E-state index < -0.39 is 11.2 Å². The number of rotatable bonds is 3. The lowest BCUT2D eigenvalue weighted by Crippen LogP contribution is -2.20. The van der Waals surface area contributed by atoms with Crippen LogP contribution in [0.25, 0.3) is 0 Å². The van der Waals surface area contributed by atoms with E-state index in [1.807, 2.05) is 0 Å². The van der Waals surface area contributed by atoms with Crippen LogP contribution in [0.1, 0.15) is 30.4 Å². The molecule has 0 fully saturated rings. The van der Waals surface area contributed by atoms with Crippen LogP contribution in [-0.2, 0) is 0 Å². The largest absolute Gasteiger partial charge is 0.394 e. The molecule has 0 amide bonds. The first-order valence-electron chi connectivity index (χ1n) is 6.22. The van der Waals surface area contributed by atoms with Gasteiger partial charge in [0, 0.05) is 10.4 Å². The van der Waals surface area contributed by atoms with E-state index in [-0.39, 0.29) is 23.0 Å². The quantitative estimate of drug-likeness (QED) is 0.815. The summed E-state index contributed by atoms with van der Waals surface area (Å²) in [6.45, 7) is 5.42. The third-order valence-electron chi connectivity index (χ3n) is 2.80. The van der Waals surface area contributed by atoms with Crippen molar-refractivity contribution in [1.82, 2.24) is 4.37 Å². The van der Waals surface area contributed by atoms with Crippen molar-refractivity contribution >= 4 is 46.1 Å². The van der Waals surface area contributed by atoms with E-state index >= 15 is 0 Å². The number of nitrogen functional groups attached to an aromatic ring is 1. The molecule has 1 heterocycles. The normalized spacial score (nSPS) is 11.5. The van der Waals surface area contributed by atoms with E-state index in [2.05, 4.69) is 9.69 Å². The highest BCUT2D eigenvalue weighted by molar-refractivity contribution is 7.09. The molecule has 2 rings (SSSR count). The van der Waals surface area contributed by atoms with Crippen LogP contribution in [0, 0.1) is 11.2 Å². The fraction of sp³-hybridized carbons (Fsp3) is 0.286. The number of nitrogens with one attached hydrogen (secondary N) is 1. The lowest BCUT2D eigenvalue weighted by molar-refractivity contribution is 0.0863. The molecular formula is C14H15ClFN3OS. The van der Waals surface area contributed by atoms with Gasteiger partial charge in [-0.15, -0.1) is 0 Å². The summed E-state index contributed by atoms with van der Waals surface area (Å²) in [5.74, 6) is -0.338. The first-order valence-corrected chi connectivity index (χ1v) is 7.37. The molecule has 1 aromatic carbocycles. The molecule has 2 aromatic rings. The predicted molar refractivity (Wildman–Crippen MR) is 85.0 cm³/mol. The number of carbonyl (C=O) groups excluding carboxylic acids is 1. The van der Waals surface area contributed by atoms with Crippen LogP contribution in [-0.4, -0.2) is 10.2 Å². The molecule has 0 aliphatic carbocycles. The van der Waals surface area contributed by atoms with E-state index in [4.69, 9.17) is 17.3 Å². The van der Waals surface area contributed by atoms with Gasteiger partial charge in [0.1, 0.15) is 10.7 Å². The second-order valence-corrected chi connectivity index (χ2v) is 6.81. The Morgan fingerprint density at radius 1 is 1.43 bits per heavy atom. The van der Waals surface area contributed by atoms with Crippen molar-refractivity contribution in [3.63, 3.8) is 0 Å². The van der Waals surface area contributed by atoms with Crippen molar-refractivity contribution in [2.45, 2.75) is 20.8 Å². The van der Waals surface area contributed by atoms with E-state index in [9.17, 15) is 9.18 Å². The minimum Gasteiger partial charge on any atom is -0.394 e. The molecule has 3 N–H and O–H groups in total. The van der Waals surface area contributed by atoms with Gasteiger partial charge in [0.05, 0.1) is 11.4 Å². The van der Waals surface area contributed by atoms with Gasteiger partial charge in [-0.05, 0) is 29.7 Å². The summed E-state index contributed by atoms with van der Waals surface area (Å²) in [4.78, 5) is 12.6. The lowest BCUT2D eigenvalue weighted by atomic mass is 9.89. The smallest absolute Gasteiger partial charge is 0.181 e. The average Bonchev–Trinajstić information content (AvgIpc) is 2.72. The van der Waals surface area contributed by atoms with E-state index in [1.165, 1.54) is 12.1 Å². The Hall–Kier alpha value is -1.66. The summed E-state index contributed by atoms with van der Waals surface area (Å²) in [6.07, 6.45) is 0. The van der Waals surface area contributed by atoms with Gasteiger partial charge in [-0.2, -0.15) is 4.37 Å². The molecule has 21 heavy (non-hydrogen) atoms. The maximum atomic E-state index is 13.7. The topological polar surface area (TPSA) is 68.0 Å². The van der Waals surface area contributed by atoms with Gasteiger partial charge in [-0.1, -0.05) is 32.4 Å². The summed E-state index contributed by atoms with van der Waals surface area (Å²) in [7, 11) is 0. The zero-order chi connectivity index (χ0) is 15.8. The molecule has 7 heteroatoms. The van der Waals surface area contributed by atoms with Crippen molar-refractivity contribution in [2.75, 3.05) is 11.1 Å². The maximum absolute atomic E-state index is 13.7. The van der Waals surface area contributed by atoms with Gasteiger partial charge >= 0.3 is 0 Å². The molecule has 0 spiro atoms. The first kappa shape index (κ1) is 15.7. The van der Waals surface area contributed by atoms with Crippen LogP contribution in [0.3, 0.4) is 0 Å². The number of Topliss-reactive ketones (excluding diaryl/α,β-unsaturated/α-hetero) is 1. The standard InChI is InChI=1S/C14H15ClFN3OS/c1-14(2,3)12(20)11-10(17)13(19-21-11)18-9-5-4-7(15)6-8(9)16/h4-6H,17H2,1-3H3,(H,18,19). The molecule has 0 aliphatic heterocycles. The van der Waals surface area contributed by atoms with Crippen LogP contribution < -0.4 is 11.1 Å². The Labute approximate surface area is 131 Å². The summed E-state index contributed by atoms with van der Waals surface area (Å²) in [5, 5.41) is 3.08. The number of anilines is 3. The first-order chi connectivity index (χ1) is 9.70. The molecule has 0 atom stereocenters. The number of carbonyl (C=O) groups is 1. The van der Waals surface area contributed by atoms with Crippen molar-refractivity contribution < 1.29 is 9.18 Å². The van der Waals surface area contributed by atoms with Crippen LogP contribution in [0.2, 0.25) is 5.02 Å². The average molecular weight is 328 g/mol. The number of hydrogen-bond acceptors (Lipinski definition) is 5. The third-order valence-corrected chi connectivity index (χ3v) is 3.90. The van der Waals surface area contributed by atoms with Gasteiger partial charge in [0.15, 0.2) is 11.6 Å². The molecule has 0 unspecified atom stereocenters. The minimum atomic E-state index is -0.552. The fourth-order valence-corrected chi connectivity index (χ4v) is 2.68. The maximum Gasteiger partial charge on any atom is 0.181 e. The zero-order valence-electron chi connectivity index (χ0n) is 11.8. The number of aromatic nitrogens is 1.